The average molecular weight is 290 g/mol. The molecule has 18 heavy (non-hydrogen) atoms. The maximum Gasteiger partial charge on any atom is 0.261 e. The number of carbonyl (C=O) groups is 1. The van der Waals surface area contributed by atoms with Crippen molar-refractivity contribution in [1.29, 1.82) is 0 Å². The first-order valence-corrected chi connectivity index (χ1v) is 6.38. The van der Waals surface area contributed by atoms with Gasteiger partial charge in [0.05, 0.1) is 0 Å². The lowest BCUT2D eigenvalue weighted by molar-refractivity contribution is -0.128. The van der Waals surface area contributed by atoms with Gasteiger partial charge >= 0.3 is 0 Å². The molecule has 1 amide bonds. The topological polar surface area (TPSA) is 38.3 Å². The second-order valence-corrected chi connectivity index (χ2v) is 5.98. The zero-order valence-electron chi connectivity index (χ0n) is 10.9. The average Bonchev–Trinajstić information content (AvgIpc) is 2.12. The number of amides is 1. The van der Waals surface area contributed by atoms with Crippen LogP contribution in [0, 0.1) is 0 Å². The Hall–Kier alpha value is -0.930. The van der Waals surface area contributed by atoms with E-state index in [2.05, 4.69) is 5.32 Å². The third-order valence-electron chi connectivity index (χ3n) is 2.02. The highest BCUT2D eigenvalue weighted by molar-refractivity contribution is 6.34. The summed E-state index contributed by atoms with van der Waals surface area (Å²) < 4.78 is 5.50. The molecule has 0 aliphatic carbocycles. The van der Waals surface area contributed by atoms with E-state index in [0.717, 1.165) is 0 Å². The number of hydrogen-bond acceptors (Lipinski definition) is 2. The minimum atomic E-state index is -0.612. The second-order valence-electron chi connectivity index (χ2n) is 5.10. The van der Waals surface area contributed by atoms with E-state index in [4.69, 9.17) is 27.9 Å². The monoisotopic (exact) mass is 289 g/mol. The quantitative estimate of drug-likeness (QED) is 0.922. The number of rotatable bonds is 3. The zero-order chi connectivity index (χ0) is 13.9. The van der Waals surface area contributed by atoms with Gasteiger partial charge in [-0.25, -0.2) is 0 Å². The molecule has 100 valence electrons. The van der Waals surface area contributed by atoms with Crippen molar-refractivity contribution in [3.05, 3.63) is 28.2 Å². The van der Waals surface area contributed by atoms with Gasteiger partial charge in [0.25, 0.3) is 5.91 Å². The Labute approximate surface area is 117 Å². The van der Waals surface area contributed by atoms with Crippen LogP contribution in [0.2, 0.25) is 10.0 Å². The van der Waals surface area contributed by atoms with Crippen LogP contribution in [0.5, 0.6) is 5.75 Å². The third kappa shape index (κ3) is 5.15. The van der Waals surface area contributed by atoms with Crippen LogP contribution < -0.4 is 10.1 Å². The molecule has 1 N–H and O–H groups in total. The smallest absolute Gasteiger partial charge is 0.261 e. The van der Waals surface area contributed by atoms with Crippen LogP contribution in [-0.2, 0) is 4.79 Å². The predicted octanol–water partition coefficient (Wildman–Crippen LogP) is 3.68. The van der Waals surface area contributed by atoms with Crippen LogP contribution in [0.4, 0.5) is 0 Å². The Morgan fingerprint density at radius 3 is 2.17 bits per heavy atom. The number of benzene rings is 1. The highest BCUT2D eigenvalue weighted by atomic mass is 35.5. The maximum absolute atomic E-state index is 11.8. The number of carbonyl (C=O) groups excluding carboxylic acids is 1. The second kappa shape index (κ2) is 5.81. The van der Waals surface area contributed by atoms with Crippen LogP contribution >= 0.6 is 23.2 Å². The first kappa shape index (κ1) is 15.1. The van der Waals surface area contributed by atoms with Crippen LogP contribution in [0.3, 0.4) is 0 Å². The van der Waals surface area contributed by atoms with E-state index in [9.17, 15) is 4.79 Å². The summed E-state index contributed by atoms with van der Waals surface area (Å²) in [7, 11) is 0. The molecule has 0 aliphatic rings. The standard InChI is InChI=1S/C13H17Cl2NO2/c1-8(12(17)16-13(2,3)4)18-11-6-9(14)5-10(15)7-11/h5-8H,1-4H3,(H,16,17). The SMILES string of the molecule is CC(Oc1cc(Cl)cc(Cl)c1)C(=O)NC(C)(C)C. The fourth-order valence-electron chi connectivity index (χ4n) is 1.33. The first-order chi connectivity index (χ1) is 8.17. The van der Waals surface area contributed by atoms with E-state index in [1.807, 2.05) is 20.8 Å². The lowest BCUT2D eigenvalue weighted by Gasteiger charge is -2.23. The van der Waals surface area contributed by atoms with Crippen molar-refractivity contribution in [3.63, 3.8) is 0 Å². The summed E-state index contributed by atoms with van der Waals surface area (Å²) in [5.74, 6) is 0.294. The van der Waals surface area contributed by atoms with Crippen LogP contribution in [0.25, 0.3) is 0 Å². The first-order valence-electron chi connectivity index (χ1n) is 5.62. The Morgan fingerprint density at radius 2 is 1.72 bits per heavy atom. The normalized spacial score (nSPS) is 13.0. The number of nitrogens with one attached hydrogen (secondary N) is 1. The molecule has 0 radical (unpaired) electrons. The molecule has 0 fully saturated rings. The molecule has 0 aliphatic heterocycles. The number of ether oxygens (including phenoxy) is 1. The molecular weight excluding hydrogens is 273 g/mol. The minimum absolute atomic E-state index is 0.182. The van der Waals surface area contributed by atoms with Gasteiger partial charge in [0, 0.05) is 15.6 Å². The van der Waals surface area contributed by atoms with E-state index in [1.54, 1.807) is 25.1 Å². The van der Waals surface area contributed by atoms with Gasteiger partial charge in [-0.3, -0.25) is 4.79 Å². The molecule has 1 atom stereocenters. The molecule has 1 aromatic carbocycles. The third-order valence-corrected chi connectivity index (χ3v) is 2.45. The lowest BCUT2D eigenvalue weighted by atomic mass is 10.1. The van der Waals surface area contributed by atoms with Crippen molar-refractivity contribution >= 4 is 29.1 Å². The van der Waals surface area contributed by atoms with Gasteiger partial charge < -0.3 is 10.1 Å². The summed E-state index contributed by atoms with van der Waals surface area (Å²) >= 11 is 11.7. The van der Waals surface area contributed by atoms with Gasteiger partial charge in [0.15, 0.2) is 6.10 Å². The maximum atomic E-state index is 11.8. The fraction of sp³-hybridized carbons (Fsp3) is 0.462. The summed E-state index contributed by atoms with van der Waals surface area (Å²) in [6, 6.07) is 4.85. The van der Waals surface area contributed by atoms with E-state index in [0.29, 0.717) is 15.8 Å². The summed E-state index contributed by atoms with van der Waals surface area (Å²) in [5, 5.41) is 3.78. The Kier molecular flexibility index (Phi) is 4.88. The molecule has 0 aromatic heterocycles. The van der Waals surface area contributed by atoms with E-state index in [-0.39, 0.29) is 11.4 Å². The Bertz CT molecular complexity index is 421. The molecule has 1 aromatic rings. The van der Waals surface area contributed by atoms with Gasteiger partial charge in [-0.05, 0) is 45.9 Å². The van der Waals surface area contributed by atoms with Crippen LogP contribution in [0.1, 0.15) is 27.7 Å². The summed E-state index contributed by atoms with van der Waals surface area (Å²) in [6.45, 7) is 7.41. The van der Waals surface area contributed by atoms with Gasteiger partial charge in [-0.1, -0.05) is 23.2 Å². The zero-order valence-corrected chi connectivity index (χ0v) is 12.4. The number of hydrogen-bond donors (Lipinski definition) is 1. The summed E-state index contributed by atoms with van der Waals surface area (Å²) in [5.41, 5.74) is -0.291. The van der Waals surface area contributed by atoms with Crippen molar-refractivity contribution in [2.75, 3.05) is 0 Å². The Morgan fingerprint density at radius 1 is 1.22 bits per heavy atom. The van der Waals surface area contributed by atoms with E-state index < -0.39 is 6.10 Å². The summed E-state index contributed by atoms with van der Waals surface area (Å²) in [4.78, 5) is 11.8. The van der Waals surface area contributed by atoms with Crippen molar-refractivity contribution < 1.29 is 9.53 Å². The van der Waals surface area contributed by atoms with Gasteiger partial charge in [0.1, 0.15) is 5.75 Å². The molecule has 5 heteroatoms. The largest absolute Gasteiger partial charge is 0.481 e. The number of halogens is 2. The van der Waals surface area contributed by atoms with Crippen molar-refractivity contribution in [3.8, 4) is 5.75 Å². The minimum Gasteiger partial charge on any atom is -0.481 e. The molecule has 3 nitrogen and oxygen atoms in total. The Balaban J connectivity index is 2.69. The molecule has 0 saturated carbocycles. The van der Waals surface area contributed by atoms with Gasteiger partial charge in [0.2, 0.25) is 0 Å². The predicted molar refractivity (Wildman–Crippen MR) is 74.4 cm³/mol. The van der Waals surface area contributed by atoms with Gasteiger partial charge in [-0.2, -0.15) is 0 Å². The van der Waals surface area contributed by atoms with Crippen molar-refractivity contribution in [2.45, 2.75) is 39.3 Å². The molecule has 1 unspecified atom stereocenters. The molecule has 0 bridgehead atoms. The molecule has 0 spiro atoms. The highest BCUT2D eigenvalue weighted by Crippen LogP contribution is 2.24. The lowest BCUT2D eigenvalue weighted by Crippen LogP contribution is -2.46. The molecule has 0 heterocycles. The van der Waals surface area contributed by atoms with E-state index >= 15 is 0 Å². The fourth-order valence-corrected chi connectivity index (χ4v) is 1.83. The highest BCUT2D eigenvalue weighted by Gasteiger charge is 2.20. The van der Waals surface area contributed by atoms with Crippen LogP contribution in [-0.4, -0.2) is 17.6 Å². The van der Waals surface area contributed by atoms with Crippen molar-refractivity contribution in [1.82, 2.24) is 5.32 Å². The van der Waals surface area contributed by atoms with E-state index in [1.165, 1.54) is 0 Å². The molecular formula is C13H17Cl2NO2. The van der Waals surface area contributed by atoms with Crippen molar-refractivity contribution in [2.24, 2.45) is 0 Å². The molecule has 0 saturated heterocycles. The van der Waals surface area contributed by atoms with Gasteiger partial charge in [-0.15, -0.1) is 0 Å². The summed E-state index contributed by atoms with van der Waals surface area (Å²) in [6.07, 6.45) is -0.612. The van der Waals surface area contributed by atoms with Crippen LogP contribution in [0.15, 0.2) is 18.2 Å². The molecule has 1 rings (SSSR count).